The Morgan fingerprint density at radius 1 is 0.786 bits per heavy atom. The van der Waals surface area contributed by atoms with Gasteiger partial charge in [-0.05, 0) is 24.7 Å². The van der Waals surface area contributed by atoms with Gasteiger partial charge < -0.3 is 0 Å². The zero-order valence-corrected chi connectivity index (χ0v) is 8.32. The number of fused-ring (bicyclic) bond motifs is 1. The molecule has 0 nitrogen and oxygen atoms in total. The predicted octanol–water partition coefficient (Wildman–Crippen LogP) is 4.16. The first-order valence-electron chi connectivity index (χ1n) is 5.66. The summed E-state index contributed by atoms with van der Waals surface area (Å²) < 4.78 is 38.1. The van der Waals surface area contributed by atoms with Crippen molar-refractivity contribution < 1.29 is 13.2 Å². The SMILES string of the molecule is FC(F)(F)[C@H]1CCC[C@H]2CCCCC21. The van der Waals surface area contributed by atoms with E-state index in [1.165, 1.54) is 0 Å². The van der Waals surface area contributed by atoms with Crippen molar-refractivity contribution in [1.82, 2.24) is 0 Å². The highest BCUT2D eigenvalue weighted by Crippen LogP contribution is 2.49. The highest BCUT2D eigenvalue weighted by molar-refractivity contribution is 4.88. The van der Waals surface area contributed by atoms with Gasteiger partial charge in [0.2, 0.25) is 0 Å². The van der Waals surface area contributed by atoms with E-state index in [2.05, 4.69) is 0 Å². The van der Waals surface area contributed by atoms with Gasteiger partial charge in [-0.1, -0.05) is 32.1 Å². The Morgan fingerprint density at radius 2 is 1.43 bits per heavy atom. The van der Waals surface area contributed by atoms with Gasteiger partial charge in [-0.25, -0.2) is 0 Å². The quantitative estimate of drug-likeness (QED) is 0.558. The maximum Gasteiger partial charge on any atom is 0.392 e. The minimum absolute atomic E-state index is 0.0440. The second-order valence-electron chi connectivity index (χ2n) is 4.79. The van der Waals surface area contributed by atoms with Gasteiger partial charge in [-0.15, -0.1) is 0 Å². The fourth-order valence-corrected chi connectivity index (χ4v) is 3.34. The van der Waals surface area contributed by atoms with Gasteiger partial charge in [0, 0.05) is 0 Å². The van der Waals surface area contributed by atoms with Crippen molar-refractivity contribution >= 4 is 0 Å². The first-order chi connectivity index (χ1) is 6.59. The monoisotopic (exact) mass is 206 g/mol. The minimum atomic E-state index is -3.94. The molecule has 0 aromatic rings. The van der Waals surface area contributed by atoms with Gasteiger partial charge in [0.15, 0.2) is 0 Å². The van der Waals surface area contributed by atoms with E-state index < -0.39 is 12.1 Å². The van der Waals surface area contributed by atoms with Crippen molar-refractivity contribution in [3.8, 4) is 0 Å². The molecule has 82 valence electrons. The van der Waals surface area contributed by atoms with Crippen molar-refractivity contribution in [3.05, 3.63) is 0 Å². The number of halogens is 3. The topological polar surface area (TPSA) is 0 Å². The molecule has 0 aliphatic heterocycles. The van der Waals surface area contributed by atoms with E-state index in [0.29, 0.717) is 12.3 Å². The molecule has 0 N–H and O–H groups in total. The van der Waals surface area contributed by atoms with Crippen molar-refractivity contribution in [2.24, 2.45) is 17.8 Å². The summed E-state index contributed by atoms with van der Waals surface area (Å²) in [6.07, 6.45) is 2.26. The summed E-state index contributed by atoms with van der Waals surface area (Å²) in [5, 5.41) is 0. The van der Waals surface area contributed by atoms with Crippen LogP contribution in [0.1, 0.15) is 44.9 Å². The van der Waals surface area contributed by atoms with E-state index >= 15 is 0 Å². The van der Waals surface area contributed by atoms with Crippen LogP contribution in [0.5, 0.6) is 0 Å². The molecule has 1 unspecified atom stereocenters. The van der Waals surface area contributed by atoms with Gasteiger partial charge in [0.05, 0.1) is 5.92 Å². The Bertz CT molecular complexity index is 195. The van der Waals surface area contributed by atoms with Crippen LogP contribution in [0.4, 0.5) is 13.2 Å². The smallest absolute Gasteiger partial charge is 0.171 e. The van der Waals surface area contributed by atoms with Gasteiger partial charge in [0.1, 0.15) is 0 Å². The molecule has 3 atom stereocenters. The van der Waals surface area contributed by atoms with Crippen LogP contribution >= 0.6 is 0 Å². The molecule has 0 heterocycles. The third kappa shape index (κ3) is 1.91. The Hall–Kier alpha value is -0.210. The van der Waals surface area contributed by atoms with Crippen LogP contribution in [0.2, 0.25) is 0 Å². The van der Waals surface area contributed by atoms with Crippen molar-refractivity contribution in [3.63, 3.8) is 0 Å². The lowest BCUT2D eigenvalue weighted by molar-refractivity contribution is -0.205. The van der Waals surface area contributed by atoms with E-state index in [4.69, 9.17) is 0 Å². The summed E-state index contributed by atoms with van der Waals surface area (Å²) in [5.41, 5.74) is 0. The summed E-state index contributed by atoms with van der Waals surface area (Å²) in [5.74, 6) is -0.650. The lowest BCUT2D eigenvalue weighted by Crippen LogP contribution is -2.39. The van der Waals surface area contributed by atoms with Crippen LogP contribution in [-0.2, 0) is 0 Å². The molecule has 14 heavy (non-hydrogen) atoms. The molecule has 0 bridgehead atoms. The fraction of sp³-hybridized carbons (Fsp3) is 1.00. The molecule has 0 aromatic heterocycles. The Kier molecular flexibility index (Phi) is 2.76. The molecule has 3 heteroatoms. The summed E-state index contributed by atoms with van der Waals surface area (Å²) in [6.45, 7) is 0. The average Bonchev–Trinajstić information content (AvgIpc) is 2.15. The largest absolute Gasteiger partial charge is 0.392 e. The minimum Gasteiger partial charge on any atom is -0.171 e. The predicted molar refractivity (Wildman–Crippen MR) is 48.8 cm³/mol. The number of hydrogen-bond acceptors (Lipinski definition) is 0. The summed E-state index contributed by atoms with van der Waals surface area (Å²) in [7, 11) is 0. The first-order valence-corrected chi connectivity index (χ1v) is 5.66. The molecule has 2 aliphatic rings. The van der Waals surface area contributed by atoms with Gasteiger partial charge in [-0.2, -0.15) is 13.2 Å². The number of alkyl halides is 3. The molecule has 0 aromatic carbocycles. The van der Waals surface area contributed by atoms with Gasteiger partial charge >= 0.3 is 6.18 Å². The molecular formula is C11H17F3. The van der Waals surface area contributed by atoms with Crippen LogP contribution in [0.15, 0.2) is 0 Å². The molecule has 2 rings (SSSR count). The Balaban J connectivity index is 2.09. The van der Waals surface area contributed by atoms with Crippen LogP contribution in [0, 0.1) is 17.8 Å². The second-order valence-corrected chi connectivity index (χ2v) is 4.79. The molecule has 2 aliphatic carbocycles. The Morgan fingerprint density at radius 3 is 2.14 bits per heavy atom. The van der Waals surface area contributed by atoms with Crippen LogP contribution in [0.3, 0.4) is 0 Å². The van der Waals surface area contributed by atoms with E-state index in [-0.39, 0.29) is 5.92 Å². The number of hydrogen-bond donors (Lipinski definition) is 0. The third-order valence-electron chi connectivity index (χ3n) is 4.00. The molecule has 0 radical (unpaired) electrons. The summed E-state index contributed by atoms with van der Waals surface area (Å²) >= 11 is 0. The molecule has 2 saturated carbocycles. The van der Waals surface area contributed by atoms with E-state index in [1.54, 1.807) is 0 Å². The average molecular weight is 206 g/mol. The van der Waals surface area contributed by atoms with Crippen molar-refractivity contribution in [2.45, 2.75) is 51.1 Å². The standard InChI is InChI=1S/C11H17F3/c12-11(13,14)10-7-3-5-8-4-1-2-6-9(8)10/h8-10H,1-7H2/t8-,9?,10+/m1/s1. The van der Waals surface area contributed by atoms with Crippen LogP contribution < -0.4 is 0 Å². The van der Waals surface area contributed by atoms with Gasteiger partial charge in [-0.3, -0.25) is 0 Å². The highest BCUT2D eigenvalue weighted by Gasteiger charge is 2.48. The normalized spacial score (nSPS) is 39.2. The first kappa shape index (κ1) is 10.3. The highest BCUT2D eigenvalue weighted by atomic mass is 19.4. The van der Waals surface area contributed by atoms with E-state index in [1.807, 2.05) is 0 Å². The second kappa shape index (κ2) is 3.74. The molecule has 0 saturated heterocycles. The Labute approximate surface area is 82.9 Å². The molecule has 0 amide bonds. The van der Waals surface area contributed by atoms with Gasteiger partial charge in [0.25, 0.3) is 0 Å². The van der Waals surface area contributed by atoms with Crippen LogP contribution in [-0.4, -0.2) is 6.18 Å². The lowest BCUT2D eigenvalue weighted by Gasteiger charge is -2.42. The maximum atomic E-state index is 12.7. The molecule has 0 spiro atoms. The van der Waals surface area contributed by atoms with E-state index in [9.17, 15) is 13.2 Å². The third-order valence-corrected chi connectivity index (χ3v) is 4.00. The lowest BCUT2D eigenvalue weighted by atomic mass is 9.65. The van der Waals surface area contributed by atoms with Crippen LogP contribution in [0.25, 0.3) is 0 Å². The molecule has 2 fully saturated rings. The zero-order chi connectivity index (χ0) is 10.2. The number of rotatable bonds is 0. The molecular weight excluding hydrogens is 189 g/mol. The summed E-state index contributed by atoms with van der Waals surface area (Å²) in [6, 6.07) is 0. The maximum absolute atomic E-state index is 12.7. The zero-order valence-electron chi connectivity index (χ0n) is 8.32. The van der Waals surface area contributed by atoms with Crippen molar-refractivity contribution in [1.29, 1.82) is 0 Å². The fourth-order valence-electron chi connectivity index (χ4n) is 3.34. The van der Waals surface area contributed by atoms with E-state index in [0.717, 1.165) is 38.5 Å². The van der Waals surface area contributed by atoms with Crippen molar-refractivity contribution in [2.75, 3.05) is 0 Å². The summed E-state index contributed by atoms with van der Waals surface area (Å²) in [4.78, 5) is 0.